The molecule has 0 N–H and O–H groups in total. The van der Waals surface area contributed by atoms with Gasteiger partial charge >= 0.3 is 0 Å². The quantitative estimate of drug-likeness (QED) is 0.768. The monoisotopic (exact) mass is 363 g/mol. The predicted octanol–water partition coefficient (Wildman–Crippen LogP) is 0.294. The van der Waals surface area contributed by atoms with Gasteiger partial charge in [-0.2, -0.15) is 4.31 Å². The van der Waals surface area contributed by atoms with Gasteiger partial charge in [0.15, 0.2) is 4.60 Å². The molecule has 0 spiro atoms. The number of sulfonamides is 1. The zero-order chi connectivity index (χ0) is 14.3. The number of hydrogen-bond acceptors (Lipinski definition) is 5. The van der Waals surface area contributed by atoms with Gasteiger partial charge in [-0.1, -0.05) is 5.21 Å². The smallest absolute Gasteiger partial charge is 0.263 e. The van der Waals surface area contributed by atoms with Crippen LogP contribution in [-0.2, 0) is 17.1 Å². The van der Waals surface area contributed by atoms with E-state index in [1.54, 1.807) is 7.05 Å². The average Bonchev–Trinajstić information content (AvgIpc) is 3.14. The molecule has 7 nitrogen and oxygen atoms in total. The minimum Gasteiger partial charge on any atom is -0.300 e. The van der Waals surface area contributed by atoms with Crippen molar-refractivity contribution in [3.8, 4) is 0 Å². The Kier molecular flexibility index (Phi) is 3.87. The van der Waals surface area contributed by atoms with Gasteiger partial charge in [-0.15, -0.1) is 5.10 Å². The first-order valence-corrected chi connectivity index (χ1v) is 8.99. The molecule has 1 saturated heterocycles. The second-order valence-electron chi connectivity index (χ2n) is 5.46. The molecule has 3 rings (SSSR count). The van der Waals surface area contributed by atoms with Crippen LogP contribution in [0.3, 0.4) is 0 Å². The molecular weight excluding hydrogens is 346 g/mol. The number of aromatic nitrogens is 3. The molecule has 2 heterocycles. The summed E-state index contributed by atoms with van der Waals surface area (Å²) in [7, 11) is -1.93. The summed E-state index contributed by atoms with van der Waals surface area (Å²) in [6.45, 7) is 3.79. The number of hydrogen-bond donors (Lipinski definition) is 0. The van der Waals surface area contributed by atoms with Gasteiger partial charge in [0.25, 0.3) is 10.0 Å². The first-order valence-electron chi connectivity index (χ1n) is 6.76. The molecule has 2 aliphatic rings. The number of rotatable bonds is 4. The van der Waals surface area contributed by atoms with E-state index in [-0.39, 0.29) is 9.63 Å². The van der Waals surface area contributed by atoms with Crippen molar-refractivity contribution in [2.45, 2.75) is 17.9 Å². The zero-order valence-corrected chi connectivity index (χ0v) is 13.8. The molecule has 0 aromatic carbocycles. The molecule has 0 unspecified atom stereocenters. The Bertz CT molecular complexity index is 570. The third kappa shape index (κ3) is 2.76. The molecule has 9 heteroatoms. The van der Waals surface area contributed by atoms with E-state index in [2.05, 4.69) is 31.1 Å². The highest BCUT2D eigenvalue weighted by Gasteiger charge is 2.34. The van der Waals surface area contributed by atoms with Crippen LogP contribution in [0.4, 0.5) is 0 Å². The third-order valence-electron chi connectivity index (χ3n) is 3.87. The van der Waals surface area contributed by atoms with Gasteiger partial charge < -0.3 is 4.90 Å². The van der Waals surface area contributed by atoms with Crippen molar-refractivity contribution in [2.75, 3.05) is 32.7 Å². The molecule has 0 amide bonds. The molecular formula is C11H18BrN5O2S. The van der Waals surface area contributed by atoms with E-state index in [0.717, 1.165) is 25.6 Å². The van der Waals surface area contributed by atoms with Gasteiger partial charge in [0.2, 0.25) is 5.03 Å². The molecule has 112 valence electrons. The van der Waals surface area contributed by atoms with E-state index >= 15 is 0 Å². The van der Waals surface area contributed by atoms with Crippen LogP contribution in [0.15, 0.2) is 9.63 Å². The number of aryl methyl sites for hydroxylation is 1. The summed E-state index contributed by atoms with van der Waals surface area (Å²) in [5.41, 5.74) is 0. The van der Waals surface area contributed by atoms with Crippen LogP contribution in [0.2, 0.25) is 0 Å². The van der Waals surface area contributed by atoms with E-state index in [1.807, 2.05) is 0 Å². The van der Waals surface area contributed by atoms with Gasteiger partial charge in [-0.3, -0.25) is 0 Å². The van der Waals surface area contributed by atoms with E-state index < -0.39 is 10.0 Å². The molecule has 20 heavy (non-hydrogen) atoms. The second kappa shape index (κ2) is 5.36. The molecule has 0 radical (unpaired) electrons. The lowest BCUT2D eigenvalue weighted by Crippen LogP contribution is -2.49. The summed E-state index contributed by atoms with van der Waals surface area (Å²) in [5.74, 6) is 0.841. The summed E-state index contributed by atoms with van der Waals surface area (Å²) >= 11 is 3.16. The van der Waals surface area contributed by atoms with Crippen molar-refractivity contribution in [3.05, 3.63) is 4.60 Å². The average molecular weight is 364 g/mol. The van der Waals surface area contributed by atoms with Crippen LogP contribution in [0.5, 0.6) is 0 Å². The fraction of sp³-hybridized carbons (Fsp3) is 0.818. The number of halogens is 1. The van der Waals surface area contributed by atoms with Gasteiger partial charge in [0, 0.05) is 39.8 Å². The maximum absolute atomic E-state index is 12.6. The van der Waals surface area contributed by atoms with Crippen LogP contribution >= 0.6 is 15.9 Å². The lowest BCUT2D eigenvalue weighted by atomic mass is 10.3. The first kappa shape index (κ1) is 14.4. The predicted molar refractivity (Wildman–Crippen MR) is 76.6 cm³/mol. The Hall–Kier alpha value is -0.510. The maximum Gasteiger partial charge on any atom is 0.263 e. The maximum atomic E-state index is 12.6. The SMILES string of the molecule is Cn1nnc(Br)c1S(=O)(=O)N1CCN(CC2CC2)CC1. The second-order valence-corrected chi connectivity index (χ2v) is 8.06. The summed E-state index contributed by atoms with van der Waals surface area (Å²) in [6, 6.07) is 0. The van der Waals surface area contributed by atoms with E-state index in [4.69, 9.17) is 0 Å². The molecule has 1 aliphatic carbocycles. The van der Waals surface area contributed by atoms with Crippen molar-refractivity contribution in [3.63, 3.8) is 0 Å². The normalized spacial score (nSPS) is 22.3. The van der Waals surface area contributed by atoms with Gasteiger partial charge in [0.1, 0.15) is 0 Å². The summed E-state index contributed by atoms with van der Waals surface area (Å²) in [5, 5.41) is 7.63. The zero-order valence-electron chi connectivity index (χ0n) is 11.4. The largest absolute Gasteiger partial charge is 0.300 e. The molecule has 1 saturated carbocycles. The highest BCUT2D eigenvalue weighted by Crippen LogP contribution is 2.30. The lowest BCUT2D eigenvalue weighted by molar-refractivity contribution is 0.181. The van der Waals surface area contributed by atoms with Crippen molar-refractivity contribution >= 4 is 26.0 Å². The molecule has 1 aromatic heterocycles. The summed E-state index contributed by atoms with van der Waals surface area (Å²) < 4.78 is 28.3. The van der Waals surface area contributed by atoms with Crippen LogP contribution in [-0.4, -0.2) is 65.3 Å². The highest BCUT2D eigenvalue weighted by atomic mass is 79.9. The topological polar surface area (TPSA) is 71.3 Å². The van der Waals surface area contributed by atoms with Crippen molar-refractivity contribution < 1.29 is 8.42 Å². The molecule has 0 atom stereocenters. The van der Waals surface area contributed by atoms with Gasteiger partial charge in [0.05, 0.1) is 0 Å². The lowest BCUT2D eigenvalue weighted by Gasteiger charge is -2.33. The third-order valence-corrected chi connectivity index (χ3v) is 6.65. The van der Waals surface area contributed by atoms with Crippen LogP contribution in [0, 0.1) is 5.92 Å². The number of piperazine rings is 1. The standard InChI is InChI=1S/C11H18BrN5O2S/c1-15-11(10(12)13-14-15)20(18,19)17-6-4-16(5-7-17)8-9-2-3-9/h9H,2-8H2,1H3. The molecule has 1 aromatic rings. The van der Waals surface area contributed by atoms with E-state index in [0.29, 0.717) is 13.1 Å². The fourth-order valence-electron chi connectivity index (χ4n) is 2.54. The van der Waals surface area contributed by atoms with Crippen LogP contribution in [0.1, 0.15) is 12.8 Å². The van der Waals surface area contributed by atoms with E-state index in [9.17, 15) is 8.42 Å². The first-order chi connectivity index (χ1) is 9.48. The minimum atomic E-state index is -3.52. The number of nitrogens with zero attached hydrogens (tertiary/aromatic N) is 5. The minimum absolute atomic E-state index is 0.133. The Morgan fingerprint density at radius 1 is 1.25 bits per heavy atom. The summed E-state index contributed by atoms with van der Waals surface area (Å²) in [4.78, 5) is 2.36. The van der Waals surface area contributed by atoms with E-state index in [1.165, 1.54) is 21.8 Å². The Morgan fingerprint density at radius 2 is 1.90 bits per heavy atom. The summed E-state index contributed by atoms with van der Waals surface area (Å²) in [6.07, 6.45) is 2.65. The van der Waals surface area contributed by atoms with Gasteiger partial charge in [-0.25, -0.2) is 13.1 Å². The Morgan fingerprint density at radius 3 is 2.40 bits per heavy atom. The van der Waals surface area contributed by atoms with Gasteiger partial charge in [-0.05, 0) is 34.7 Å². The van der Waals surface area contributed by atoms with Crippen molar-refractivity contribution in [1.82, 2.24) is 24.2 Å². The molecule has 1 aliphatic heterocycles. The van der Waals surface area contributed by atoms with Crippen molar-refractivity contribution in [2.24, 2.45) is 13.0 Å². The van der Waals surface area contributed by atoms with Crippen molar-refractivity contribution in [1.29, 1.82) is 0 Å². The Balaban J connectivity index is 1.70. The highest BCUT2D eigenvalue weighted by molar-refractivity contribution is 9.10. The molecule has 0 bridgehead atoms. The Labute approximate surface area is 127 Å². The molecule has 2 fully saturated rings. The fourth-order valence-corrected chi connectivity index (χ4v) is 4.99. The van der Waals surface area contributed by atoms with Crippen LogP contribution in [0.25, 0.3) is 0 Å². The van der Waals surface area contributed by atoms with Crippen LogP contribution < -0.4 is 0 Å².